The fourth-order valence-electron chi connectivity index (χ4n) is 2.26. The van der Waals surface area contributed by atoms with Gasteiger partial charge in [-0.05, 0) is 38.5 Å². The van der Waals surface area contributed by atoms with Crippen LogP contribution in [0.25, 0.3) is 0 Å². The predicted octanol–water partition coefficient (Wildman–Crippen LogP) is 3.04. The fourth-order valence-corrected chi connectivity index (χ4v) is 2.26. The lowest BCUT2D eigenvalue weighted by atomic mass is 9.87. The number of rotatable bonds is 3. The summed E-state index contributed by atoms with van der Waals surface area (Å²) in [5, 5.41) is 0. The van der Waals surface area contributed by atoms with Gasteiger partial charge in [-0.2, -0.15) is 0 Å². The Morgan fingerprint density at radius 2 is 2.24 bits per heavy atom. The SMILES string of the molecule is CCOc1ccc2c(c1)C(N)CC(C)(CC)O2. The minimum atomic E-state index is -0.139. The van der Waals surface area contributed by atoms with E-state index in [-0.39, 0.29) is 11.6 Å². The molecule has 3 heteroatoms. The second-order valence-electron chi connectivity index (χ2n) is 4.85. The smallest absolute Gasteiger partial charge is 0.125 e. The summed E-state index contributed by atoms with van der Waals surface area (Å²) in [7, 11) is 0. The molecule has 0 saturated heterocycles. The van der Waals surface area contributed by atoms with Gasteiger partial charge in [0, 0.05) is 18.0 Å². The van der Waals surface area contributed by atoms with Crippen LogP contribution in [0.2, 0.25) is 0 Å². The van der Waals surface area contributed by atoms with Crippen LogP contribution in [0.1, 0.15) is 45.2 Å². The van der Waals surface area contributed by atoms with E-state index in [4.69, 9.17) is 15.2 Å². The lowest BCUT2D eigenvalue weighted by Crippen LogP contribution is -2.39. The van der Waals surface area contributed by atoms with Crippen molar-refractivity contribution in [1.82, 2.24) is 0 Å². The third-order valence-electron chi connectivity index (χ3n) is 3.45. The summed E-state index contributed by atoms with van der Waals surface area (Å²) in [6.07, 6.45) is 1.82. The number of fused-ring (bicyclic) bond motifs is 1. The Labute approximate surface area is 103 Å². The monoisotopic (exact) mass is 235 g/mol. The third kappa shape index (κ3) is 2.39. The molecule has 1 heterocycles. The molecule has 1 aromatic carbocycles. The summed E-state index contributed by atoms with van der Waals surface area (Å²) >= 11 is 0. The highest BCUT2D eigenvalue weighted by Gasteiger charge is 2.34. The molecule has 2 unspecified atom stereocenters. The van der Waals surface area contributed by atoms with E-state index in [1.165, 1.54) is 0 Å². The first-order valence-electron chi connectivity index (χ1n) is 6.29. The van der Waals surface area contributed by atoms with Crippen molar-refractivity contribution in [3.05, 3.63) is 23.8 Å². The molecule has 0 spiro atoms. The van der Waals surface area contributed by atoms with Gasteiger partial charge in [0.25, 0.3) is 0 Å². The Morgan fingerprint density at radius 3 is 2.88 bits per heavy atom. The van der Waals surface area contributed by atoms with Gasteiger partial charge in [0.15, 0.2) is 0 Å². The molecule has 2 N–H and O–H groups in total. The normalized spacial score (nSPS) is 27.2. The maximum absolute atomic E-state index is 6.23. The highest BCUT2D eigenvalue weighted by atomic mass is 16.5. The second-order valence-corrected chi connectivity index (χ2v) is 4.85. The largest absolute Gasteiger partial charge is 0.494 e. The van der Waals surface area contributed by atoms with Crippen LogP contribution in [0.4, 0.5) is 0 Å². The molecule has 0 amide bonds. The zero-order chi connectivity index (χ0) is 12.5. The quantitative estimate of drug-likeness (QED) is 0.875. The summed E-state index contributed by atoms with van der Waals surface area (Å²) in [4.78, 5) is 0. The first-order valence-corrected chi connectivity index (χ1v) is 6.29. The summed E-state index contributed by atoms with van der Waals surface area (Å²) in [6, 6.07) is 5.94. The van der Waals surface area contributed by atoms with E-state index in [0.717, 1.165) is 29.9 Å². The van der Waals surface area contributed by atoms with Crippen molar-refractivity contribution in [2.45, 2.75) is 45.3 Å². The van der Waals surface area contributed by atoms with Crippen LogP contribution in [0.15, 0.2) is 18.2 Å². The molecule has 0 aromatic heterocycles. The molecular weight excluding hydrogens is 214 g/mol. The van der Waals surface area contributed by atoms with Gasteiger partial charge < -0.3 is 15.2 Å². The summed E-state index contributed by atoms with van der Waals surface area (Å²) in [5.74, 6) is 1.77. The minimum absolute atomic E-state index is 0.0316. The highest BCUT2D eigenvalue weighted by molar-refractivity contribution is 5.44. The van der Waals surface area contributed by atoms with Crippen molar-refractivity contribution in [2.75, 3.05) is 6.61 Å². The minimum Gasteiger partial charge on any atom is -0.494 e. The lowest BCUT2D eigenvalue weighted by molar-refractivity contribution is 0.0501. The van der Waals surface area contributed by atoms with Crippen LogP contribution in [-0.4, -0.2) is 12.2 Å². The lowest BCUT2D eigenvalue weighted by Gasteiger charge is -2.38. The van der Waals surface area contributed by atoms with E-state index in [2.05, 4.69) is 13.8 Å². The zero-order valence-electron chi connectivity index (χ0n) is 10.8. The maximum Gasteiger partial charge on any atom is 0.125 e. The molecule has 1 aliphatic rings. The Morgan fingerprint density at radius 1 is 1.47 bits per heavy atom. The molecule has 0 fully saturated rings. The van der Waals surface area contributed by atoms with Crippen molar-refractivity contribution >= 4 is 0 Å². The second kappa shape index (κ2) is 4.57. The first kappa shape index (κ1) is 12.2. The molecule has 94 valence electrons. The Kier molecular flexibility index (Phi) is 3.29. The van der Waals surface area contributed by atoms with Gasteiger partial charge in [-0.3, -0.25) is 0 Å². The maximum atomic E-state index is 6.23. The van der Waals surface area contributed by atoms with Gasteiger partial charge in [0.1, 0.15) is 17.1 Å². The van der Waals surface area contributed by atoms with E-state index in [9.17, 15) is 0 Å². The average Bonchev–Trinajstić information content (AvgIpc) is 2.30. The van der Waals surface area contributed by atoms with Crippen molar-refractivity contribution < 1.29 is 9.47 Å². The molecule has 0 saturated carbocycles. The highest BCUT2D eigenvalue weighted by Crippen LogP contribution is 2.41. The van der Waals surface area contributed by atoms with Crippen molar-refractivity contribution in [3.63, 3.8) is 0 Å². The van der Waals surface area contributed by atoms with Crippen LogP contribution in [-0.2, 0) is 0 Å². The van der Waals surface area contributed by atoms with Gasteiger partial charge in [-0.1, -0.05) is 6.92 Å². The molecule has 1 aromatic rings. The van der Waals surface area contributed by atoms with Crippen LogP contribution in [0, 0.1) is 0 Å². The van der Waals surface area contributed by atoms with E-state index in [1.54, 1.807) is 0 Å². The predicted molar refractivity (Wildman–Crippen MR) is 68.5 cm³/mol. The fraction of sp³-hybridized carbons (Fsp3) is 0.571. The number of benzene rings is 1. The number of hydrogen-bond donors (Lipinski definition) is 1. The van der Waals surface area contributed by atoms with Crippen LogP contribution >= 0.6 is 0 Å². The zero-order valence-corrected chi connectivity index (χ0v) is 10.8. The number of hydrogen-bond acceptors (Lipinski definition) is 3. The summed E-state index contributed by atoms with van der Waals surface area (Å²) in [5.41, 5.74) is 7.14. The van der Waals surface area contributed by atoms with Crippen LogP contribution in [0.3, 0.4) is 0 Å². The molecule has 3 nitrogen and oxygen atoms in total. The van der Waals surface area contributed by atoms with E-state index < -0.39 is 0 Å². The van der Waals surface area contributed by atoms with Crippen molar-refractivity contribution in [3.8, 4) is 11.5 Å². The van der Waals surface area contributed by atoms with E-state index in [1.807, 2.05) is 25.1 Å². The van der Waals surface area contributed by atoms with Gasteiger partial charge in [0.2, 0.25) is 0 Å². The molecule has 17 heavy (non-hydrogen) atoms. The average molecular weight is 235 g/mol. The number of ether oxygens (including phenoxy) is 2. The molecule has 2 rings (SSSR count). The molecule has 0 bridgehead atoms. The van der Waals surface area contributed by atoms with Gasteiger partial charge >= 0.3 is 0 Å². The molecule has 0 radical (unpaired) electrons. The molecule has 0 aliphatic carbocycles. The summed E-state index contributed by atoms with van der Waals surface area (Å²) < 4.78 is 11.5. The Hall–Kier alpha value is -1.22. The van der Waals surface area contributed by atoms with E-state index in [0.29, 0.717) is 6.61 Å². The van der Waals surface area contributed by atoms with E-state index >= 15 is 0 Å². The summed E-state index contributed by atoms with van der Waals surface area (Å²) in [6.45, 7) is 6.89. The van der Waals surface area contributed by atoms with Gasteiger partial charge in [-0.15, -0.1) is 0 Å². The standard InChI is InChI=1S/C14H21NO2/c1-4-14(3)9-12(15)11-8-10(16-5-2)6-7-13(11)17-14/h6-8,12H,4-5,9,15H2,1-3H3. The Bertz CT molecular complexity index is 405. The topological polar surface area (TPSA) is 44.5 Å². The van der Waals surface area contributed by atoms with Crippen LogP contribution < -0.4 is 15.2 Å². The molecule has 1 aliphatic heterocycles. The Balaban J connectivity index is 2.31. The van der Waals surface area contributed by atoms with Crippen LogP contribution in [0.5, 0.6) is 11.5 Å². The number of nitrogens with two attached hydrogens (primary N) is 1. The first-order chi connectivity index (χ1) is 8.08. The van der Waals surface area contributed by atoms with Crippen molar-refractivity contribution in [1.29, 1.82) is 0 Å². The third-order valence-corrected chi connectivity index (χ3v) is 3.45. The van der Waals surface area contributed by atoms with Gasteiger partial charge in [0.05, 0.1) is 6.61 Å². The molecule has 2 atom stereocenters. The molecular formula is C14H21NO2. The van der Waals surface area contributed by atoms with Crippen molar-refractivity contribution in [2.24, 2.45) is 5.73 Å². The van der Waals surface area contributed by atoms with Gasteiger partial charge in [-0.25, -0.2) is 0 Å².